The lowest BCUT2D eigenvalue weighted by atomic mass is 9.84. The number of benzene rings is 1. The highest BCUT2D eigenvalue weighted by molar-refractivity contribution is 6.74. The fourth-order valence-corrected chi connectivity index (χ4v) is 5.46. The van der Waals surface area contributed by atoms with Crippen molar-refractivity contribution in [1.29, 1.82) is 0 Å². The van der Waals surface area contributed by atoms with E-state index in [1.807, 2.05) is 11.0 Å². The second-order valence-electron chi connectivity index (χ2n) is 9.39. The number of nitrogens with zero attached hydrogens (tertiary/aromatic N) is 1. The second kappa shape index (κ2) is 7.08. The quantitative estimate of drug-likeness (QED) is 0.657. The van der Waals surface area contributed by atoms with Gasteiger partial charge in [0.2, 0.25) is 5.91 Å². The monoisotopic (exact) mass is 377 g/mol. The molecular weight excluding hydrogens is 345 g/mol. The van der Waals surface area contributed by atoms with Gasteiger partial charge in [-0.3, -0.25) is 4.79 Å². The van der Waals surface area contributed by atoms with Crippen molar-refractivity contribution >= 4 is 14.2 Å². The van der Waals surface area contributed by atoms with Crippen LogP contribution in [0, 0.1) is 5.82 Å². The van der Waals surface area contributed by atoms with Crippen LogP contribution in [0.4, 0.5) is 4.39 Å². The maximum atomic E-state index is 13.8. The van der Waals surface area contributed by atoms with E-state index in [0.29, 0.717) is 6.42 Å². The molecule has 144 valence electrons. The molecule has 3 atom stereocenters. The van der Waals surface area contributed by atoms with Crippen molar-refractivity contribution in [3.05, 3.63) is 35.6 Å². The van der Waals surface area contributed by atoms with Crippen molar-refractivity contribution in [3.8, 4) is 0 Å². The molecule has 0 N–H and O–H groups in total. The number of amides is 1. The lowest BCUT2D eigenvalue weighted by molar-refractivity contribution is -0.144. The van der Waals surface area contributed by atoms with Crippen LogP contribution in [0.2, 0.25) is 18.1 Å². The maximum absolute atomic E-state index is 13.8. The molecule has 0 aromatic heterocycles. The summed E-state index contributed by atoms with van der Waals surface area (Å²) in [6.45, 7) is 11.3. The number of fused-ring (bicyclic) bond motifs is 1. The Bertz CT molecular complexity index is 670. The molecular formula is C21H32FNO2Si. The Hall–Kier alpha value is -1.20. The molecule has 3 rings (SSSR count). The van der Waals surface area contributed by atoms with Gasteiger partial charge in [0.05, 0.1) is 6.04 Å². The molecule has 2 aliphatic heterocycles. The van der Waals surface area contributed by atoms with Crippen LogP contribution in [-0.2, 0) is 9.22 Å². The first-order chi connectivity index (χ1) is 12.1. The molecule has 1 aromatic rings. The van der Waals surface area contributed by atoms with Crippen LogP contribution in [0.25, 0.3) is 0 Å². The summed E-state index contributed by atoms with van der Waals surface area (Å²) in [5.41, 5.74) is 0.897. The van der Waals surface area contributed by atoms with Gasteiger partial charge in [-0.15, -0.1) is 0 Å². The number of carbonyl (C=O) groups is 1. The zero-order valence-electron chi connectivity index (χ0n) is 16.7. The molecule has 0 spiro atoms. The van der Waals surface area contributed by atoms with Crippen LogP contribution >= 0.6 is 0 Å². The minimum Gasteiger partial charge on any atom is -0.414 e. The standard InChI is InChI=1S/C21H32FNO2Si/c1-21(2,3)26(4,5)25-18-13-17-10-7-11-20(24)23(17)19(14-18)15-8-6-9-16(22)12-15/h6,8-9,12,17-19H,7,10-11,13-14H2,1-5H3/t17-,18-,19+/m1/s1. The van der Waals surface area contributed by atoms with E-state index in [0.717, 1.165) is 31.2 Å². The molecule has 0 saturated carbocycles. The van der Waals surface area contributed by atoms with Crippen LogP contribution in [0.3, 0.4) is 0 Å². The molecule has 0 unspecified atom stereocenters. The minimum atomic E-state index is -1.88. The summed E-state index contributed by atoms with van der Waals surface area (Å²) in [5, 5.41) is 0.154. The number of piperidine rings is 2. The highest BCUT2D eigenvalue weighted by Gasteiger charge is 2.45. The molecule has 2 fully saturated rings. The predicted molar refractivity (Wildman–Crippen MR) is 105 cm³/mol. The van der Waals surface area contributed by atoms with Crippen molar-refractivity contribution in [2.75, 3.05) is 0 Å². The average molecular weight is 378 g/mol. The smallest absolute Gasteiger partial charge is 0.223 e. The van der Waals surface area contributed by atoms with E-state index in [-0.39, 0.29) is 35.0 Å². The van der Waals surface area contributed by atoms with Gasteiger partial charge >= 0.3 is 0 Å². The van der Waals surface area contributed by atoms with Crippen LogP contribution in [0.15, 0.2) is 24.3 Å². The first-order valence-corrected chi connectivity index (χ1v) is 12.7. The van der Waals surface area contributed by atoms with Crippen LogP contribution in [-0.4, -0.2) is 31.3 Å². The summed E-state index contributed by atoms with van der Waals surface area (Å²) in [5.74, 6) is -0.0303. The fourth-order valence-electron chi connectivity index (χ4n) is 4.08. The van der Waals surface area contributed by atoms with E-state index < -0.39 is 8.32 Å². The average Bonchev–Trinajstić information content (AvgIpc) is 2.53. The van der Waals surface area contributed by atoms with Gasteiger partial charge in [-0.05, 0) is 61.5 Å². The van der Waals surface area contributed by atoms with Gasteiger partial charge in [0.25, 0.3) is 0 Å². The van der Waals surface area contributed by atoms with Gasteiger partial charge in [-0.2, -0.15) is 0 Å². The van der Waals surface area contributed by atoms with Crippen molar-refractivity contribution < 1.29 is 13.6 Å². The molecule has 1 amide bonds. The molecule has 0 aliphatic carbocycles. The van der Waals surface area contributed by atoms with Crippen molar-refractivity contribution in [2.24, 2.45) is 0 Å². The lowest BCUT2D eigenvalue weighted by Gasteiger charge is -2.50. The summed E-state index contributed by atoms with van der Waals surface area (Å²) in [6.07, 6.45) is 4.38. The van der Waals surface area contributed by atoms with Crippen molar-refractivity contribution in [2.45, 2.75) is 89.2 Å². The molecule has 5 heteroatoms. The summed E-state index contributed by atoms with van der Waals surface area (Å²) in [4.78, 5) is 14.7. The topological polar surface area (TPSA) is 29.5 Å². The van der Waals surface area contributed by atoms with E-state index in [2.05, 4.69) is 33.9 Å². The lowest BCUT2D eigenvalue weighted by Crippen LogP contribution is -2.54. The number of hydrogen-bond acceptors (Lipinski definition) is 2. The van der Waals surface area contributed by atoms with Crippen molar-refractivity contribution in [3.63, 3.8) is 0 Å². The third kappa shape index (κ3) is 3.89. The van der Waals surface area contributed by atoms with E-state index in [9.17, 15) is 9.18 Å². The summed E-state index contributed by atoms with van der Waals surface area (Å²) >= 11 is 0. The number of rotatable bonds is 3. The Labute approximate surface area is 158 Å². The Kier molecular flexibility index (Phi) is 5.32. The number of halogens is 1. The highest BCUT2D eigenvalue weighted by atomic mass is 28.4. The van der Waals surface area contributed by atoms with Crippen LogP contribution < -0.4 is 0 Å². The van der Waals surface area contributed by atoms with Gasteiger partial charge in [0, 0.05) is 18.6 Å². The predicted octanol–water partition coefficient (Wildman–Crippen LogP) is 5.43. The van der Waals surface area contributed by atoms with E-state index in [1.54, 1.807) is 12.1 Å². The molecule has 26 heavy (non-hydrogen) atoms. The minimum absolute atomic E-state index is 0.0768. The van der Waals surface area contributed by atoms with Gasteiger partial charge in [-0.25, -0.2) is 4.39 Å². The second-order valence-corrected chi connectivity index (χ2v) is 14.1. The zero-order chi connectivity index (χ0) is 19.1. The highest BCUT2D eigenvalue weighted by Crippen LogP contribution is 2.44. The normalized spacial score (nSPS) is 27.4. The Morgan fingerprint density at radius 3 is 2.62 bits per heavy atom. The fraction of sp³-hybridized carbons (Fsp3) is 0.667. The van der Waals surface area contributed by atoms with Gasteiger partial charge in [-0.1, -0.05) is 32.9 Å². The van der Waals surface area contributed by atoms with E-state index in [4.69, 9.17) is 4.43 Å². The number of carbonyl (C=O) groups excluding carboxylic acids is 1. The Morgan fingerprint density at radius 1 is 1.23 bits per heavy atom. The van der Waals surface area contributed by atoms with Gasteiger partial charge in [0.1, 0.15) is 5.82 Å². The Balaban J connectivity index is 1.89. The third-order valence-electron chi connectivity index (χ3n) is 6.47. The first kappa shape index (κ1) is 19.6. The summed E-state index contributed by atoms with van der Waals surface area (Å²) in [6, 6.07) is 6.87. The Morgan fingerprint density at radius 2 is 1.96 bits per heavy atom. The van der Waals surface area contributed by atoms with Crippen molar-refractivity contribution in [1.82, 2.24) is 4.90 Å². The largest absolute Gasteiger partial charge is 0.414 e. The summed E-state index contributed by atoms with van der Waals surface area (Å²) < 4.78 is 20.6. The molecule has 2 aliphatic rings. The SMILES string of the molecule is CC(C)(C)[Si](C)(C)O[C@@H]1C[C@H]2CCCC(=O)N2[C@H](c2cccc(F)c2)C1. The van der Waals surface area contributed by atoms with Gasteiger partial charge < -0.3 is 9.33 Å². The third-order valence-corrected chi connectivity index (χ3v) is 11.0. The molecule has 3 nitrogen and oxygen atoms in total. The first-order valence-electron chi connectivity index (χ1n) is 9.83. The van der Waals surface area contributed by atoms with E-state index in [1.165, 1.54) is 6.07 Å². The molecule has 2 saturated heterocycles. The molecule has 0 bridgehead atoms. The maximum Gasteiger partial charge on any atom is 0.223 e. The van der Waals surface area contributed by atoms with Gasteiger partial charge in [0.15, 0.2) is 8.32 Å². The molecule has 1 aromatic carbocycles. The van der Waals surface area contributed by atoms with E-state index >= 15 is 0 Å². The van der Waals surface area contributed by atoms with Crippen LogP contribution in [0.1, 0.15) is 64.5 Å². The molecule has 0 radical (unpaired) electrons. The zero-order valence-corrected chi connectivity index (χ0v) is 17.7. The number of hydrogen-bond donors (Lipinski definition) is 0. The summed E-state index contributed by atoms with van der Waals surface area (Å²) in [7, 11) is -1.88. The van der Waals surface area contributed by atoms with Crippen LogP contribution in [0.5, 0.6) is 0 Å². The molecule has 2 heterocycles.